The maximum atomic E-state index is 12.2. The van der Waals surface area contributed by atoms with Gasteiger partial charge in [-0.3, -0.25) is 4.79 Å². The number of rotatable bonds is 2. The van der Waals surface area contributed by atoms with Gasteiger partial charge in [-0.25, -0.2) is 4.79 Å². The van der Waals surface area contributed by atoms with Crippen LogP contribution in [0.25, 0.3) is 0 Å². The van der Waals surface area contributed by atoms with Gasteiger partial charge in [-0.05, 0) is 25.2 Å². The fraction of sp³-hybridized carbons (Fsp3) is 0.833. The summed E-state index contributed by atoms with van der Waals surface area (Å²) >= 11 is 0. The Balaban J connectivity index is 2.07. The van der Waals surface area contributed by atoms with E-state index in [0.717, 1.165) is 32.1 Å². The summed E-state index contributed by atoms with van der Waals surface area (Å²) in [4.78, 5) is 24.9. The molecule has 4 nitrogen and oxygen atoms in total. The number of carbonyl (C=O) groups excluding carboxylic acids is 1. The average Bonchev–Trinajstić information content (AvgIpc) is 2.84. The Labute approximate surface area is 95.6 Å². The fourth-order valence-electron chi connectivity index (χ4n) is 2.98. The lowest BCUT2D eigenvalue weighted by molar-refractivity contribution is -0.151. The van der Waals surface area contributed by atoms with Crippen LogP contribution in [0.3, 0.4) is 0 Å². The lowest BCUT2D eigenvalue weighted by Gasteiger charge is -2.26. The first kappa shape index (κ1) is 11.4. The third-order valence-electron chi connectivity index (χ3n) is 3.94. The molecule has 90 valence electrons. The van der Waals surface area contributed by atoms with Gasteiger partial charge in [0.2, 0.25) is 5.91 Å². The van der Waals surface area contributed by atoms with Crippen molar-refractivity contribution in [3.05, 3.63) is 0 Å². The predicted octanol–water partition coefficient (Wildman–Crippen LogP) is 1.50. The molecule has 2 unspecified atom stereocenters. The molecule has 0 aromatic heterocycles. The van der Waals surface area contributed by atoms with E-state index in [4.69, 9.17) is 5.11 Å². The number of hydrogen-bond donors (Lipinski definition) is 1. The lowest BCUT2D eigenvalue weighted by Crippen LogP contribution is -2.45. The van der Waals surface area contributed by atoms with Crippen molar-refractivity contribution in [2.75, 3.05) is 6.54 Å². The largest absolute Gasteiger partial charge is 0.480 e. The Hall–Kier alpha value is -1.06. The molecule has 2 fully saturated rings. The maximum Gasteiger partial charge on any atom is 0.326 e. The number of nitrogens with zero attached hydrogens (tertiary/aromatic N) is 1. The molecule has 0 radical (unpaired) electrons. The summed E-state index contributed by atoms with van der Waals surface area (Å²) in [6, 6.07) is -0.590. The topological polar surface area (TPSA) is 57.6 Å². The molecule has 1 N–H and O–H groups in total. The molecule has 2 rings (SSSR count). The van der Waals surface area contributed by atoms with Gasteiger partial charge in [0.1, 0.15) is 6.04 Å². The Morgan fingerprint density at radius 3 is 2.38 bits per heavy atom. The highest BCUT2D eigenvalue weighted by Gasteiger charge is 2.41. The minimum atomic E-state index is -0.851. The van der Waals surface area contributed by atoms with Crippen LogP contribution in [0.5, 0.6) is 0 Å². The Bertz CT molecular complexity index is 297. The van der Waals surface area contributed by atoms with Crippen molar-refractivity contribution >= 4 is 11.9 Å². The SMILES string of the molecule is CC1CCN(C(=O)C2CCCC2)C1C(=O)O. The molecule has 0 bridgehead atoms. The lowest BCUT2D eigenvalue weighted by atomic mass is 10.0. The van der Waals surface area contributed by atoms with Gasteiger partial charge in [0.25, 0.3) is 0 Å². The maximum absolute atomic E-state index is 12.2. The van der Waals surface area contributed by atoms with E-state index >= 15 is 0 Å². The van der Waals surface area contributed by atoms with Crippen molar-refractivity contribution in [3.8, 4) is 0 Å². The van der Waals surface area contributed by atoms with Crippen LogP contribution in [0.4, 0.5) is 0 Å². The molecule has 1 amide bonds. The summed E-state index contributed by atoms with van der Waals surface area (Å²) in [6.45, 7) is 2.54. The molecule has 2 atom stereocenters. The third kappa shape index (κ3) is 1.93. The number of aliphatic carboxylic acids is 1. The molecular formula is C12H19NO3. The second-order valence-corrected chi connectivity index (χ2v) is 5.06. The second-order valence-electron chi connectivity index (χ2n) is 5.06. The van der Waals surface area contributed by atoms with E-state index in [1.54, 1.807) is 4.90 Å². The first-order valence-electron chi connectivity index (χ1n) is 6.14. The smallest absolute Gasteiger partial charge is 0.326 e. The molecule has 0 aromatic rings. The number of hydrogen-bond acceptors (Lipinski definition) is 2. The molecule has 4 heteroatoms. The zero-order valence-electron chi connectivity index (χ0n) is 9.69. The molecule has 1 saturated heterocycles. The van der Waals surface area contributed by atoms with Gasteiger partial charge in [-0.2, -0.15) is 0 Å². The summed E-state index contributed by atoms with van der Waals surface area (Å²) in [5.41, 5.74) is 0. The van der Waals surface area contributed by atoms with E-state index < -0.39 is 12.0 Å². The average molecular weight is 225 g/mol. The van der Waals surface area contributed by atoms with Gasteiger partial charge in [-0.15, -0.1) is 0 Å². The summed E-state index contributed by atoms with van der Waals surface area (Å²) < 4.78 is 0. The van der Waals surface area contributed by atoms with Gasteiger partial charge in [0.05, 0.1) is 0 Å². The highest BCUT2D eigenvalue weighted by molar-refractivity contribution is 5.86. The van der Waals surface area contributed by atoms with Crippen LogP contribution in [0.15, 0.2) is 0 Å². The van der Waals surface area contributed by atoms with E-state index in [0.29, 0.717) is 6.54 Å². The molecule has 1 aliphatic carbocycles. The Morgan fingerprint density at radius 2 is 1.81 bits per heavy atom. The van der Waals surface area contributed by atoms with Crippen LogP contribution in [0.1, 0.15) is 39.0 Å². The van der Waals surface area contributed by atoms with Crippen molar-refractivity contribution in [2.45, 2.75) is 45.1 Å². The fourth-order valence-corrected chi connectivity index (χ4v) is 2.98. The summed E-state index contributed by atoms with van der Waals surface area (Å²) in [7, 11) is 0. The predicted molar refractivity (Wildman–Crippen MR) is 58.9 cm³/mol. The summed E-state index contributed by atoms with van der Waals surface area (Å²) in [6.07, 6.45) is 4.91. The standard InChI is InChI=1S/C12H19NO3/c1-8-6-7-13(10(8)12(15)16)11(14)9-4-2-3-5-9/h8-10H,2-7H2,1H3,(H,15,16). The van der Waals surface area contributed by atoms with Crippen LogP contribution < -0.4 is 0 Å². The Morgan fingerprint density at radius 1 is 1.19 bits per heavy atom. The molecule has 0 aromatic carbocycles. The first-order chi connectivity index (χ1) is 7.61. The van der Waals surface area contributed by atoms with Gasteiger partial charge in [0.15, 0.2) is 0 Å². The van der Waals surface area contributed by atoms with Crippen LogP contribution in [0, 0.1) is 11.8 Å². The number of likely N-dealkylation sites (tertiary alicyclic amines) is 1. The Kier molecular flexibility index (Phi) is 3.17. The first-order valence-corrected chi connectivity index (χ1v) is 6.14. The minimum Gasteiger partial charge on any atom is -0.480 e. The van der Waals surface area contributed by atoms with E-state index in [1.165, 1.54) is 0 Å². The third-order valence-corrected chi connectivity index (χ3v) is 3.94. The minimum absolute atomic E-state index is 0.0780. The molecule has 1 aliphatic heterocycles. The van der Waals surface area contributed by atoms with Crippen molar-refractivity contribution in [1.29, 1.82) is 0 Å². The van der Waals surface area contributed by atoms with Crippen LogP contribution in [0.2, 0.25) is 0 Å². The number of carbonyl (C=O) groups is 2. The van der Waals surface area contributed by atoms with Crippen molar-refractivity contribution in [3.63, 3.8) is 0 Å². The van der Waals surface area contributed by atoms with E-state index in [2.05, 4.69) is 0 Å². The van der Waals surface area contributed by atoms with E-state index in [9.17, 15) is 9.59 Å². The van der Waals surface area contributed by atoms with E-state index in [-0.39, 0.29) is 17.7 Å². The molecule has 2 aliphatic rings. The van der Waals surface area contributed by atoms with Crippen molar-refractivity contribution < 1.29 is 14.7 Å². The quantitative estimate of drug-likeness (QED) is 0.774. The van der Waals surface area contributed by atoms with Crippen molar-refractivity contribution in [2.24, 2.45) is 11.8 Å². The number of carboxylic acids is 1. The monoisotopic (exact) mass is 225 g/mol. The molecule has 1 saturated carbocycles. The highest BCUT2D eigenvalue weighted by Crippen LogP contribution is 2.31. The molecule has 1 heterocycles. The van der Waals surface area contributed by atoms with Gasteiger partial charge in [-0.1, -0.05) is 19.8 Å². The summed E-state index contributed by atoms with van der Waals surface area (Å²) in [5.74, 6) is -0.597. The summed E-state index contributed by atoms with van der Waals surface area (Å²) in [5, 5.41) is 9.15. The zero-order chi connectivity index (χ0) is 11.7. The zero-order valence-corrected chi connectivity index (χ0v) is 9.69. The highest BCUT2D eigenvalue weighted by atomic mass is 16.4. The normalized spacial score (nSPS) is 30.9. The molecule has 0 spiro atoms. The van der Waals surface area contributed by atoms with Crippen LogP contribution in [-0.2, 0) is 9.59 Å². The van der Waals surface area contributed by atoms with Crippen LogP contribution >= 0.6 is 0 Å². The number of amides is 1. The van der Waals surface area contributed by atoms with Gasteiger partial charge >= 0.3 is 5.97 Å². The number of carboxylic acid groups (broad SMARTS) is 1. The van der Waals surface area contributed by atoms with Crippen LogP contribution in [-0.4, -0.2) is 34.5 Å². The molecular weight excluding hydrogens is 206 g/mol. The van der Waals surface area contributed by atoms with E-state index in [1.807, 2.05) is 6.92 Å². The molecule has 16 heavy (non-hydrogen) atoms. The second kappa shape index (κ2) is 4.44. The van der Waals surface area contributed by atoms with Gasteiger partial charge < -0.3 is 10.0 Å². The van der Waals surface area contributed by atoms with Gasteiger partial charge in [0, 0.05) is 12.5 Å². The van der Waals surface area contributed by atoms with Crippen molar-refractivity contribution in [1.82, 2.24) is 4.90 Å².